The van der Waals surface area contributed by atoms with E-state index >= 15 is 0 Å². The number of aromatic nitrogens is 1. The molecule has 1 aliphatic rings. The van der Waals surface area contributed by atoms with Crippen molar-refractivity contribution in [3.8, 4) is 11.5 Å². The van der Waals surface area contributed by atoms with Crippen LogP contribution in [0.1, 0.15) is 24.1 Å². The van der Waals surface area contributed by atoms with Crippen LogP contribution in [-0.2, 0) is 6.54 Å². The van der Waals surface area contributed by atoms with Gasteiger partial charge in [0.1, 0.15) is 11.5 Å². The standard InChI is InChI=1S/C16H17ClN2O/c1-11-2-7-15(10-18-11)20-16-8-13(17)4-3-12(16)9-19-14-5-6-14/h2-4,7-8,10,14,19H,5-6,9H2,1H3. The third-order valence-corrected chi connectivity index (χ3v) is 3.53. The van der Waals surface area contributed by atoms with Crippen molar-refractivity contribution in [1.29, 1.82) is 0 Å². The molecule has 0 bridgehead atoms. The smallest absolute Gasteiger partial charge is 0.145 e. The molecule has 2 aromatic rings. The van der Waals surface area contributed by atoms with E-state index in [-0.39, 0.29) is 0 Å². The van der Waals surface area contributed by atoms with E-state index in [1.807, 2.05) is 37.3 Å². The van der Waals surface area contributed by atoms with E-state index in [1.165, 1.54) is 12.8 Å². The van der Waals surface area contributed by atoms with E-state index in [0.29, 0.717) is 11.1 Å². The maximum atomic E-state index is 6.07. The first kappa shape index (κ1) is 13.4. The molecule has 0 amide bonds. The van der Waals surface area contributed by atoms with Gasteiger partial charge in [0.25, 0.3) is 0 Å². The lowest BCUT2D eigenvalue weighted by molar-refractivity contribution is 0.470. The van der Waals surface area contributed by atoms with Gasteiger partial charge in [-0.15, -0.1) is 0 Å². The number of hydrogen-bond donors (Lipinski definition) is 1. The molecular weight excluding hydrogens is 272 g/mol. The second-order valence-corrected chi connectivity index (χ2v) is 5.58. The van der Waals surface area contributed by atoms with Crippen molar-refractivity contribution in [2.24, 2.45) is 0 Å². The number of aryl methyl sites for hydroxylation is 1. The number of ether oxygens (including phenoxy) is 1. The maximum absolute atomic E-state index is 6.07. The molecule has 1 saturated carbocycles. The molecule has 0 radical (unpaired) electrons. The highest BCUT2D eigenvalue weighted by Gasteiger charge is 2.20. The highest BCUT2D eigenvalue weighted by Crippen LogP contribution is 2.29. The minimum absolute atomic E-state index is 0.666. The Morgan fingerprint density at radius 1 is 1.30 bits per heavy atom. The Hall–Kier alpha value is -1.58. The summed E-state index contributed by atoms with van der Waals surface area (Å²) in [6.45, 7) is 2.75. The molecule has 104 valence electrons. The van der Waals surface area contributed by atoms with Crippen LogP contribution in [0.3, 0.4) is 0 Å². The van der Waals surface area contributed by atoms with Crippen LogP contribution in [0.2, 0.25) is 5.02 Å². The highest BCUT2D eigenvalue weighted by atomic mass is 35.5. The molecule has 1 aromatic heterocycles. The minimum Gasteiger partial charge on any atom is -0.455 e. The van der Waals surface area contributed by atoms with Crippen molar-refractivity contribution in [2.45, 2.75) is 32.4 Å². The van der Waals surface area contributed by atoms with Gasteiger partial charge in [-0.25, -0.2) is 0 Å². The average Bonchev–Trinajstić information content (AvgIpc) is 3.25. The van der Waals surface area contributed by atoms with Gasteiger partial charge in [0.05, 0.1) is 6.20 Å². The summed E-state index contributed by atoms with van der Waals surface area (Å²) >= 11 is 6.07. The van der Waals surface area contributed by atoms with Gasteiger partial charge in [0.2, 0.25) is 0 Å². The highest BCUT2D eigenvalue weighted by molar-refractivity contribution is 6.30. The molecule has 20 heavy (non-hydrogen) atoms. The van der Waals surface area contributed by atoms with Crippen LogP contribution in [-0.4, -0.2) is 11.0 Å². The van der Waals surface area contributed by atoms with Gasteiger partial charge in [-0.2, -0.15) is 0 Å². The predicted molar refractivity (Wildman–Crippen MR) is 80.4 cm³/mol. The first-order chi connectivity index (χ1) is 9.70. The summed E-state index contributed by atoms with van der Waals surface area (Å²) < 4.78 is 5.91. The first-order valence-corrected chi connectivity index (χ1v) is 7.21. The second kappa shape index (κ2) is 5.81. The Labute approximate surface area is 123 Å². The molecule has 1 fully saturated rings. The quantitative estimate of drug-likeness (QED) is 0.900. The Morgan fingerprint density at radius 3 is 2.85 bits per heavy atom. The van der Waals surface area contributed by atoms with Gasteiger partial charge in [-0.3, -0.25) is 4.98 Å². The first-order valence-electron chi connectivity index (χ1n) is 6.83. The molecule has 0 aliphatic heterocycles. The average molecular weight is 289 g/mol. The van der Waals surface area contributed by atoms with Crippen LogP contribution in [0, 0.1) is 6.92 Å². The zero-order valence-electron chi connectivity index (χ0n) is 11.4. The van der Waals surface area contributed by atoms with Crippen LogP contribution < -0.4 is 10.1 Å². The summed E-state index contributed by atoms with van der Waals surface area (Å²) in [4.78, 5) is 4.24. The number of benzene rings is 1. The zero-order valence-corrected chi connectivity index (χ0v) is 12.2. The van der Waals surface area contributed by atoms with Gasteiger partial charge in [0, 0.05) is 28.9 Å². The van der Waals surface area contributed by atoms with Crippen LogP contribution in [0.4, 0.5) is 0 Å². The molecule has 1 N–H and O–H groups in total. The normalized spacial score (nSPS) is 14.3. The molecular formula is C16H17ClN2O. The number of nitrogens with zero attached hydrogens (tertiary/aromatic N) is 1. The van der Waals surface area contributed by atoms with Gasteiger partial charge in [-0.05, 0) is 44.0 Å². The fourth-order valence-corrected chi connectivity index (χ4v) is 2.11. The summed E-state index contributed by atoms with van der Waals surface area (Å²) in [7, 11) is 0. The Kier molecular flexibility index (Phi) is 3.90. The monoisotopic (exact) mass is 288 g/mol. The number of pyridine rings is 1. The summed E-state index contributed by atoms with van der Waals surface area (Å²) in [5.74, 6) is 1.52. The molecule has 3 rings (SSSR count). The Balaban J connectivity index is 1.78. The molecule has 0 atom stereocenters. The third-order valence-electron chi connectivity index (χ3n) is 3.30. The van der Waals surface area contributed by atoms with Gasteiger partial charge < -0.3 is 10.1 Å². The molecule has 1 aromatic carbocycles. The molecule has 0 spiro atoms. The fraction of sp³-hybridized carbons (Fsp3) is 0.312. The Morgan fingerprint density at radius 2 is 2.15 bits per heavy atom. The molecule has 3 nitrogen and oxygen atoms in total. The molecule has 1 aliphatic carbocycles. The Bertz CT molecular complexity index is 594. The van der Waals surface area contributed by atoms with E-state index in [9.17, 15) is 0 Å². The van der Waals surface area contributed by atoms with Crippen molar-refractivity contribution in [3.05, 3.63) is 52.8 Å². The van der Waals surface area contributed by atoms with Crippen LogP contribution in [0.25, 0.3) is 0 Å². The number of halogens is 1. The summed E-state index contributed by atoms with van der Waals surface area (Å²) in [6.07, 6.45) is 4.27. The van der Waals surface area contributed by atoms with E-state index in [4.69, 9.17) is 16.3 Å². The zero-order chi connectivity index (χ0) is 13.9. The third kappa shape index (κ3) is 3.50. The van der Waals surface area contributed by atoms with Crippen molar-refractivity contribution in [1.82, 2.24) is 10.3 Å². The molecule has 0 unspecified atom stereocenters. The SMILES string of the molecule is Cc1ccc(Oc2cc(Cl)ccc2CNC2CC2)cn1. The second-order valence-electron chi connectivity index (χ2n) is 5.14. The van der Waals surface area contributed by atoms with Crippen LogP contribution in [0.15, 0.2) is 36.5 Å². The van der Waals surface area contributed by atoms with E-state index in [0.717, 1.165) is 29.3 Å². The minimum atomic E-state index is 0.666. The lowest BCUT2D eigenvalue weighted by Crippen LogP contribution is -2.15. The largest absolute Gasteiger partial charge is 0.455 e. The summed E-state index contributed by atoms with van der Waals surface area (Å²) in [5.41, 5.74) is 2.08. The van der Waals surface area contributed by atoms with Crippen molar-refractivity contribution in [3.63, 3.8) is 0 Å². The maximum Gasteiger partial charge on any atom is 0.145 e. The van der Waals surface area contributed by atoms with Crippen LogP contribution >= 0.6 is 11.6 Å². The van der Waals surface area contributed by atoms with Gasteiger partial charge >= 0.3 is 0 Å². The number of hydrogen-bond acceptors (Lipinski definition) is 3. The van der Waals surface area contributed by atoms with E-state index in [1.54, 1.807) is 6.20 Å². The van der Waals surface area contributed by atoms with Crippen molar-refractivity contribution >= 4 is 11.6 Å². The van der Waals surface area contributed by atoms with Gasteiger partial charge in [0.15, 0.2) is 0 Å². The van der Waals surface area contributed by atoms with E-state index in [2.05, 4.69) is 10.3 Å². The fourth-order valence-electron chi connectivity index (χ4n) is 1.95. The van der Waals surface area contributed by atoms with Crippen molar-refractivity contribution < 1.29 is 4.74 Å². The van der Waals surface area contributed by atoms with E-state index < -0.39 is 0 Å². The van der Waals surface area contributed by atoms with Crippen LogP contribution in [0.5, 0.6) is 11.5 Å². The topological polar surface area (TPSA) is 34.1 Å². The molecule has 4 heteroatoms. The lowest BCUT2D eigenvalue weighted by Gasteiger charge is -2.12. The molecule has 1 heterocycles. The summed E-state index contributed by atoms with van der Waals surface area (Å²) in [5, 5.41) is 4.17. The van der Waals surface area contributed by atoms with Gasteiger partial charge in [-0.1, -0.05) is 17.7 Å². The summed E-state index contributed by atoms with van der Waals surface area (Å²) in [6, 6.07) is 10.3. The molecule has 0 saturated heterocycles. The predicted octanol–water partition coefficient (Wildman–Crippen LogP) is 4.09. The number of rotatable bonds is 5. The number of nitrogens with one attached hydrogen (secondary N) is 1. The van der Waals surface area contributed by atoms with Crippen molar-refractivity contribution in [2.75, 3.05) is 0 Å². The lowest BCUT2D eigenvalue weighted by atomic mass is 10.2.